The molecule has 7 heteroatoms. The van der Waals surface area contributed by atoms with Crippen LogP contribution in [0.15, 0.2) is 63.8 Å². The van der Waals surface area contributed by atoms with Crippen molar-refractivity contribution in [2.75, 3.05) is 19.1 Å². The lowest BCUT2D eigenvalue weighted by Gasteiger charge is -2.19. The molecule has 0 spiro atoms. The van der Waals surface area contributed by atoms with Gasteiger partial charge in [0.15, 0.2) is 0 Å². The number of ether oxygens (including phenoxy) is 2. The highest BCUT2D eigenvalue weighted by atomic mass is 79.9. The molecule has 0 fully saturated rings. The van der Waals surface area contributed by atoms with E-state index < -0.39 is 5.97 Å². The lowest BCUT2D eigenvalue weighted by molar-refractivity contribution is -0.136. The summed E-state index contributed by atoms with van der Waals surface area (Å²) in [4.78, 5) is 27.2. The molecule has 1 aliphatic heterocycles. The van der Waals surface area contributed by atoms with Gasteiger partial charge in [0.2, 0.25) is 0 Å². The van der Waals surface area contributed by atoms with Crippen LogP contribution < -0.4 is 9.64 Å². The van der Waals surface area contributed by atoms with Gasteiger partial charge in [-0.15, -0.1) is 0 Å². The van der Waals surface area contributed by atoms with Crippen molar-refractivity contribution in [3.8, 4) is 5.75 Å². The van der Waals surface area contributed by atoms with Gasteiger partial charge in [0, 0.05) is 15.7 Å². The Bertz CT molecular complexity index is 1030. The first-order valence-corrected chi connectivity index (χ1v) is 9.50. The Kier molecular flexibility index (Phi) is 5.91. The van der Waals surface area contributed by atoms with E-state index in [2.05, 4.69) is 15.9 Å². The van der Waals surface area contributed by atoms with E-state index in [0.29, 0.717) is 27.7 Å². The third-order valence-corrected chi connectivity index (χ3v) is 5.19. The molecule has 0 saturated heterocycles. The number of amides is 1. The summed E-state index contributed by atoms with van der Waals surface area (Å²) >= 11 is 9.71. The first-order valence-electron chi connectivity index (χ1n) is 8.32. The zero-order chi connectivity index (χ0) is 20.4. The van der Waals surface area contributed by atoms with Crippen molar-refractivity contribution in [3.05, 3.63) is 74.4 Å². The number of carbonyl (C=O) groups is 2. The highest BCUT2D eigenvalue weighted by Crippen LogP contribution is 2.39. The van der Waals surface area contributed by atoms with E-state index in [1.54, 1.807) is 50.4 Å². The van der Waals surface area contributed by atoms with Crippen LogP contribution in [-0.4, -0.2) is 26.1 Å². The van der Waals surface area contributed by atoms with Crippen LogP contribution in [0, 0.1) is 0 Å². The van der Waals surface area contributed by atoms with Crippen LogP contribution in [0.5, 0.6) is 5.75 Å². The van der Waals surface area contributed by atoms with Gasteiger partial charge in [-0.1, -0.05) is 39.7 Å². The summed E-state index contributed by atoms with van der Waals surface area (Å²) in [6.07, 6.45) is 1.62. The summed E-state index contributed by atoms with van der Waals surface area (Å²) < 4.78 is 11.1. The van der Waals surface area contributed by atoms with Crippen molar-refractivity contribution < 1.29 is 19.1 Å². The molecule has 0 N–H and O–H groups in total. The van der Waals surface area contributed by atoms with Crippen molar-refractivity contribution in [2.45, 2.75) is 6.92 Å². The van der Waals surface area contributed by atoms with Crippen molar-refractivity contribution in [3.63, 3.8) is 0 Å². The van der Waals surface area contributed by atoms with Crippen molar-refractivity contribution >= 4 is 51.2 Å². The molecule has 0 aromatic heterocycles. The molecule has 2 aromatic carbocycles. The summed E-state index contributed by atoms with van der Waals surface area (Å²) in [5.74, 6) is -0.393. The molecule has 144 valence electrons. The van der Waals surface area contributed by atoms with Crippen LogP contribution in [0.25, 0.3) is 6.08 Å². The topological polar surface area (TPSA) is 55.8 Å². The maximum atomic E-state index is 13.3. The number of esters is 1. The predicted octanol–water partition coefficient (Wildman–Crippen LogP) is 4.99. The van der Waals surface area contributed by atoms with Crippen LogP contribution in [-0.2, 0) is 14.3 Å². The van der Waals surface area contributed by atoms with Crippen molar-refractivity contribution in [1.82, 2.24) is 0 Å². The van der Waals surface area contributed by atoms with Gasteiger partial charge in [-0.2, -0.15) is 0 Å². The number of anilines is 1. The average molecular weight is 463 g/mol. The minimum atomic E-state index is -0.597. The molecule has 0 saturated carbocycles. The third-order valence-electron chi connectivity index (χ3n) is 4.37. The first-order chi connectivity index (χ1) is 13.4. The fourth-order valence-electron chi connectivity index (χ4n) is 3.08. The molecule has 0 aliphatic carbocycles. The predicted molar refractivity (Wildman–Crippen MR) is 112 cm³/mol. The number of rotatable bonds is 4. The third kappa shape index (κ3) is 3.57. The fraction of sp³-hybridized carbons (Fsp3) is 0.143. The second-order valence-corrected chi connectivity index (χ2v) is 7.31. The van der Waals surface area contributed by atoms with E-state index in [0.717, 1.165) is 4.47 Å². The van der Waals surface area contributed by atoms with E-state index in [4.69, 9.17) is 21.1 Å². The first kappa shape index (κ1) is 20.2. The zero-order valence-corrected chi connectivity index (χ0v) is 17.8. The molecule has 0 atom stereocenters. The Hall–Kier alpha value is -2.57. The molecular formula is C21H17BrClNO4. The molecular weight excluding hydrogens is 446 g/mol. The number of hydrogen-bond acceptors (Lipinski definition) is 4. The minimum Gasteiger partial charge on any atom is -0.496 e. The molecule has 1 heterocycles. The number of para-hydroxylation sites is 1. The zero-order valence-electron chi connectivity index (χ0n) is 15.5. The number of nitrogens with zero attached hydrogens (tertiary/aromatic N) is 1. The van der Waals surface area contributed by atoms with Gasteiger partial charge >= 0.3 is 5.97 Å². The molecule has 0 bridgehead atoms. The second kappa shape index (κ2) is 8.20. The number of allylic oxidation sites excluding steroid dienone is 1. The highest BCUT2D eigenvalue weighted by Gasteiger charge is 2.38. The quantitative estimate of drug-likeness (QED) is 0.474. The monoisotopic (exact) mass is 461 g/mol. The minimum absolute atomic E-state index is 0.189. The Balaban J connectivity index is 2.21. The van der Waals surface area contributed by atoms with Crippen molar-refractivity contribution in [2.24, 2.45) is 0 Å². The molecule has 5 nitrogen and oxygen atoms in total. The summed E-state index contributed by atoms with van der Waals surface area (Å²) in [6, 6.07) is 12.4. The van der Waals surface area contributed by atoms with Crippen LogP contribution in [0.3, 0.4) is 0 Å². The van der Waals surface area contributed by atoms with Crippen molar-refractivity contribution in [1.29, 1.82) is 0 Å². The number of halogens is 2. The van der Waals surface area contributed by atoms with Gasteiger partial charge in [-0.05, 0) is 43.3 Å². The van der Waals surface area contributed by atoms with E-state index in [-0.39, 0.29) is 17.1 Å². The number of methoxy groups -OCH3 is 2. The standard InChI is InChI=1S/C21H17BrClNO4/c1-12-19(21(26)28-3)15(11-13-10-14(22)8-9-18(13)27-2)20(25)24(12)17-7-5-4-6-16(17)23/h4-11H,1-3H3/b15-11-. The summed E-state index contributed by atoms with van der Waals surface area (Å²) in [7, 11) is 2.82. The SMILES string of the molecule is COC(=O)C1=C(C)N(c2ccccc2Cl)C(=O)/C1=C\c1cc(Br)ccc1OC. The van der Waals surface area contributed by atoms with Gasteiger partial charge in [-0.25, -0.2) is 4.79 Å². The summed E-state index contributed by atoms with van der Waals surface area (Å²) in [5.41, 5.74) is 1.99. The van der Waals surface area contributed by atoms with Gasteiger partial charge < -0.3 is 9.47 Å². The highest BCUT2D eigenvalue weighted by molar-refractivity contribution is 9.10. The van der Waals surface area contributed by atoms with Crippen LogP contribution in [0.1, 0.15) is 12.5 Å². The van der Waals surface area contributed by atoms with Gasteiger partial charge in [-0.3, -0.25) is 9.69 Å². The molecule has 1 amide bonds. The maximum absolute atomic E-state index is 13.3. The molecule has 3 rings (SSSR count). The van der Waals surface area contributed by atoms with Crippen LogP contribution in [0.2, 0.25) is 5.02 Å². The van der Waals surface area contributed by atoms with Crippen LogP contribution >= 0.6 is 27.5 Å². The normalized spacial score (nSPS) is 15.4. The van der Waals surface area contributed by atoms with E-state index in [1.807, 2.05) is 12.1 Å². The Labute approximate surface area is 176 Å². The molecule has 1 aliphatic rings. The average Bonchev–Trinajstić information content (AvgIpc) is 2.92. The van der Waals surface area contributed by atoms with E-state index in [9.17, 15) is 9.59 Å². The van der Waals surface area contributed by atoms with E-state index >= 15 is 0 Å². The van der Waals surface area contributed by atoms with Crippen LogP contribution in [0.4, 0.5) is 5.69 Å². The second-order valence-electron chi connectivity index (χ2n) is 5.99. The Morgan fingerprint density at radius 2 is 1.89 bits per heavy atom. The molecule has 28 heavy (non-hydrogen) atoms. The van der Waals surface area contributed by atoms with Gasteiger partial charge in [0.1, 0.15) is 5.75 Å². The Morgan fingerprint density at radius 1 is 1.18 bits per heavy atom. The van der Waals surface area contributed by atoms with E-state index in [1.165, 1.54) is 12.0 Å². The lowest BCUT2D eigenvalue weighted by Crippen LogP contribution is -2.24. The Morgan fingerprint density at radius 3 is 2.54 bits per heavy atom. The molecule has 0 unspecified atom stereocenters. The number of carbonyl (C=O) groups excluding carboxylic acids is 2. The maximum Gasteiger partial charge on any atom is 0.340 e. The summed E-state index contributed by atoms with van der Waals surface area (Å²) in [5, 5.41) is 0.403. The lowest BCUT2D eigenvalue weighted by atomic mass is 10.0. The smallest absolute Gasteiger partial charge is 0.340 e. The molecule has 0 radical (unpaired) electrons. The number of hydrogen-bond donors (Lipinski definition) is 0. The molecule has 2 aromatic rings. The number of benzene rings is 2. The van der Waals surface area contributed by atoms with Gasteiger partial charge in [0.25, 0.3) is 5.91 Å². The fourth-order valence-corrected chi connectivity index (χ4v) is 3.68. The largest absolute Gasteiger partial charge is 0.496 e. The van der Waals surface area contributed by atoms with Gasteiger partial charge in [0.05, 0.1) is 36.1 Å². The summed E-state index contributed by atoms with van der Waals surface area (Å²) in [6.45, 7) is 1.69.